The second kappa shape index (κ2) is 15.7. The van der Waals surface area contributed by atoms with Gasteiger partial charge in [-0.25, -0.2) is 8.42 Å². The second-order valence-electron chi connectivity index (χ2n) is 11.7. The Morgan fingerprint density at radius 2 is 1.61 bits per heavy atom. The van der Waals surface area contributed by atoms with E-state index >= 15 is 0 Å². The summed E-state index contributed by atoms with van der Waals surface area (Å²) in [6, 6.07) is 24.0. The first-order valence-electron chi connectivity index (χ1n) is 15.4. The maximum absolute atomic E-state index is 14.1. The number of nitrogens with zero attached hydrogens (tertiary/aromatic N) is 2. The molecule has 1 fully saturated rings. The molecule has 1 unspecified atom stereocenters. The van der Waals surface area contributed by atoms with Crippen molar-refractivity contribution in [2.24, 2.45) is 0 Å². The average Bonchev–Trinajstić information content (AvgIpc) is 3.01. The summed E-state index contributed by atoms with van der Waals surface area (Å²) in [6.07, 6.45) is 7.19. The van der Waals surface area contributed by atoms with E-state index < -0.39 is 16.1 Å². The van der Waals surface area contributed by atoms with Crippen LogP contribution < -0.4 is 14.4 Å². The summed E-state index contributed by atoms with van der Waals surface area (Å²) in [5.41, 5.74) is 3.49. The third kappa shape index (κ3) is 9.58. The van der Waals surface area contributed by atoms with Crippen molar-refractivity contribution in [2.45, 2.75) is 76.9 Å². The number of rotatable bonds is 14. The number of anilines is 1. The first-order chi connectivity index (χ1) is 21.1. The van der Waals surface area contributed by atoms with Gasteiger partial charge in [-0.2, -0.15) is 0 Å². The molecule has 3 aromatic carbocycles. The lowest BCUT2D eigenvalue weighted by atomic mass is 9.94. The molecule has 0 spiro atoms. The highest BCUT2D eigenvalue weighted by Gasteiger charge is 2.32. The van der Waals surface area contributed by atoms with Crippen molar-refractivity contribution in [3.63, 3.8) is 0 Å². The smallest absolute Gasteiger partial charge is 0.243 e. The maximum atomic E-state index is 14.1. The van der Waals surface area contributed by atoms with Crippen molar-refractivity contribution in [3.8, 4) is 5.75 Å². The Kier molecular flexibility index (Phi) is 11.8. The zero-order chi connectivity index (χ0) is 31.5. The van der Waals surface area contributed by atoms with Crippen LogP contribution in [0.25, 0.3) is 0 Å². The summed E-state index contributed by atoms with van der Waals surface area (Å²) < 4.78 is 31.9. The Hall–Kier alpha value is -3.85. The zero-order valence-electron chi connectivity index (χ0n) is 26.1. The van der Waals surface area contributed by atoms with Crippen LogP contribution in [0.15, 0.2) is 78.9 Å². The van der Waals surface area contributed by atoms with E-state index in [1.807, 2.05) is 61.5 Å². The van der Waals surface area contributed by atoms with Crippen LogP contribution in [-0.4, -0.2) is 57.1 Å². The number of nitrogens with one attached hydrogen (secondary N) is 1. The van der Waals surface area contributed by atoms with Crippen LogP contribution in [0.3, 0.4) is 0 Å². The first-order valence-corrected chi connectivity index (χ1v) is 17.3. The molecule has 2 amide bonds. The fraction of sp³-hybridized carbons (Fsp3) is 0.429. The number of methoxy groups -OCH3 is 1. The molecule has 9 heteroatoms. The average molecular weight is 620 g/mol. The van der Waals surface area contributed by atoms with Crippen LogP contribution in [0.2, 0.25) is 0 Å². The van der Waals surface area contributed by atoms with Crippen molar-refractivity contribution in [3.05, 3.63) is 95.6 Å². The molecule has 44 heavy (non-hydrogen) atoms. The number of hydrogen-bond donors (Lipinski definition) is 1. The lowest BCUT2D eigenvalue weighted by Gasteiger charge is -2.34. The number of benzene rings is 3. The standard InChI is InChI=1S/C35H45N3O5S/c1-27-12-10-15-29(24-27)26-37(33(25-28-13-6-4-7-14-28)35(40)36-30-16-8-5-9-17-30)34(39)18-11-23-38(44(3,41)42)31-19-21-32(43-2)22-20-31/h4,6-7,10,12-15,19-22,24,30,33H,5,8-9,11,16-18,23,25-26H2,1-3H3,(H,36,40). The van der Waals surface area contributed by atoms with Crippen LogP contribution >= 0.6 is 0 Å². The number of amides is 2. The molecule has 0 radical (unpaired) electrons. The summed E-state index contributed by atoms with van der Waals surface area (Å²) in [5, 5.41) is 3.27. The first kappa shape index (κ1) is 33.1. The van der Waals surface area contributed by atoms with Gasteiger partial charge in [-0.3, -0.25) is 13.9 Å². The number of carbonyl (C=O) groups is 2. The summed E-state index contributed by atoms with van der Waals surface area (Å²) in [7, 11) is -2.04. The van der Waals surface area contributed by atoms with Gasteiger partial charge in [0.2, 0.25) is 21.8 Å². The fourth-order valence-electron chi connectivity index (χ4n) is 5.86. The predicted molar refractivity (Wildman–Crippen MR) is 175 cm³/mol. The normalized spacial score (nSPS) is 14.4. The van der Waals surface area contributed by atoms with Gasteiger partial charge in [-0.1, -0.05) is 79.4 Å². The number of hydrogen-bond acceptors (Lipinski definition) is 5. The van der Waals surface area contributed by atoms with Crippen LogP contribution in [0.5, 0.6) is 5.75 Å². The van der Waals surface area contributed by atoms with E-state index in [-0.39, 0.29) is 37.4 Å². The number of ether oxygens (including phenoxy) is 1. The third-order valence-electron chi connectivity index (χ3n) is 8.17. The molecule has 0 heterocycles. The molecule has 236 valence electrons. The Morgan fingerprint density at radius 3 is 2.25 bits per heavy atom. The highest BCUT2D eigenvalue weighted by molar-refractivity contribution is 7.92. The quantitative estimate of drug-likeness (QED) is 0.252. The van der Waals surface area contributed by atoms with E-state index in [1.165, 1.54) is 10.7 Å². The van der Waals surface area contributed by atoms with Crippen LogP contribution in [0.1, 0.15) is 61.6 Å². The largest absolute Gasteiger partial charge is 0.497 e. The van der Waals surface area contributed by atoms with Crippen molar-refractivity contribution in [2.75, 3.05) is 24.2 Å². The highest BCUT2D eigenvalue weighted by Crippen LogP contribution is 2.24. The lowest BCUT2D eigenvalue weighted by molar-refractivity contribution is -0.141. The van der Waals surface area contributed by atoms with Gasteiger partial charge in [0.05, 0.1) is 19.1 Å². The highest BCUT2D eigenvalue weighted by atomic mass is 32.2. The molecule has 1 aliphatic carbocycles. The number of carbonyl (C=O) groups excluding carboxylic acids is 2. The molecule has 1 aliphatic rings. The molecule has 4 rings (SSSR count). The zero-order valence-corrected chi connectivity index (χ0v) is 26.9. The van der Waals surface area contributed by atoms with Gasteiger partial charge >= 0.3 is 0 Å². The van der Waals surface area contributed by atoms with Crippen molar-refractivity contribution in [1.82, 2.24) is 10.2 Å². The van der Waals surface area contributed by atoms with Crippen molar-refractivity contribution >= 4 is 27.5 Å². The minimum Gasteiger partial charge on any atom is -0.497 e. The molecular formula is C35H45N3O5S. The maximum Gasteiger partial charge on any atom is 0.243 e. The van der Waals surface area contributed by atoms with Gasteiger partial charge in [0.25, 0.3) is 0 Å². The van der Waals surface area contributed by atoms with E-state index in [0.717, 1.165) is 48.6 Å². The monoisotopic (exact) mass is 619 g/mol. The number of sulfonamides is 1. The van der Waals surface area contributed by atoms with Gasteiger partial charge in [0.15, 0.2) is 0 Å². The van der Waals surface area contributed by atoms with E-state index in [2.05, 4.69) is 5.32 Å². The van der Waals surface area contributed by atoms with Crippen LogP contribution in [0, 0.1) is 6.92 Å². The van der Waals surface area contributed by atoms with Crippen molar-refractivity contribution in [1.29, 1.82) is 0 Å². The van der Waals surface area contributed by atoms with Gasteiger partial charge in [0.1, 0.15) is 11.8 Å². The third-order valence-corrected chi connectivity index (χ3v) is 9.36. The lowest BCUT2D eigenvalue weighted by Crippen LogP contribution is -2.53. The molecule has 1 saturated carbocycles. The van der Waals surface area contributed by atoms with E-state index in [1.54, 1.807) is 36.3 Å². The molecule has 0 aromatic heterocycles. The Morgan fingerprint density at radius 1 is 0.932 bits per heavy atom. The molecular weight excluding hydrogens is 574 g/mol. The van der Waals surface area contributed by atoms with E-state index in [0.29, 0.717) is 24.3 Å². The SMILES string of the molecule is COc1ccc(N(CCCC(=O)N(Cc2cccc(C)c2)C(Cc2ccccc2)C(=O)NC2CCCCC2)S(C)(=O)=O)cc1. The van der Waals surface area contributed by atoms with Gasteiger partial charge < -0.3 is 15.0 Å². The molecule has 0 aliphatic heterocycles. The molecule has 0 saturated heterocycles. The summed E-state index contributed by atoms with van der Waals surface area (Å²) in [6.45, 7) is 2.42. The Balaban J connectivity index is 1.58. The van der Waals surface area contributed by atoms with Gasteiger partial charge in [0, 0.05) is 32.0 Å². The molecule has 0 bridgehead atoms. The topological polar surface area (TPSA) is 96.0 Å². The second-order valence-corrected chi connectivity index (χ2v) is 13.6. The summed E-state index contributed by atoms with van der Waals surface area (Å²) in [5.74, 6) is 0.298. The Labute approximate surface area is 262 Å². The van der Waals surface area contributed by atoms with Gasteiger partial charge in [-0.05, 0) is 61.6 Å². The number of aryl methyl sites for hydroxylation is 1. The molecule has 1 N–H and O–H groups in total. The van der Waals surface area contributed by atoms with E-state index in [4.69, 9.17) is 4.74 Å². The van der Waals surface area contributed by atoms with Crippen LogP contribution in [0.4, 0.5) is 5.69 Å². The minimum absolute atomic E-state index is 0.0932. The van der Waals surface area contributed by atoms with E-state index in [9.17, 15) is 18.0 Å². The predicted octanol–water partition coefficient (Wildman–Crippen LogP) is 5.64. The van der Waals surface area contributed by atoms with Gasteiger partial charge in [-0.15, -0.1) is 0 Å². The Bertz CT molecular complexity index is 1470. The molecule has 1 atom stereocenters. The van der Waals surface area contributed by atoms with Crippen LogP contribution in [-0.2, 0) is 32.6 Å². The fourth-order valence-corrected chi connectivity index (χ4v) is 6.82. The summed E-state index contributed by atoms with van der Waals surface area (Å²) >= 11 is 0. The van der Waals surface area contributed by atoms with Crippen molar-refractivity contribution < 1.29 is 22.7 Å². The minimum atomic E-state index is -3.59. The molecule has 3 aromatic rings. The summed E-state index contributed by atoms with van der Waals surface area (Å²) in [4.78, 5) is 29.7. The molecule has 8 nitrogen and oxygen atoms in total.